The van der Waals surface area contributed by atoms with Crippen molar-refractivity contribution in [2.24, 2.45) is 0 Å². The lowest BCUT2D eigenvalue weighted by Gasteiger charge is -2.34. The highest BCUT2D eigenvalue weighted by molar-refractivity contribution is 7.89. The van der Waals surface area contributed by atoms with E-state index >= 15 is 0 Å². The number of hydrogen-bond acceptors (Lipinski definition) is 6. The fourth-order valence-electron chi connectivity index (χ4n) is 3.32. The molecule has 0 aliphatic carbocycles. The summed E-state index contributed by atoms with van der Waals surface area (Å²) in [6.45, 7) is 5.51. The second-order valence-corrected chi connectivity index (χ2v) is 10.0. The van der Waals surface area contributed by atoms with Crippen molar-refractivity contribution < 1.29 is 27.5 Å². The zero-order chi connectivity index (χ0) is 23.5. The molecule has 0 aromatic heterocycles. The molecule has 1 saturated heterocycles. The van der Waals surface area contributed by atoms with Gasteiger partial charge in [0.15, 0.2) is 6.61 Å². The molecule has 2 aromatic rings. The fraction of sp³-hybridized carbons (Fsp3) is 0.364. The average Bonchev–Trinajstić information content (AvgIpc) is 2.74. The van der Waals surface area contributed by atoms with Gasteiger partial charge < -0.3 is 14.8 Å². The van der Waals surface area contributed by atoms with Gasteiger partial charge in [0.1, 0.15) is 0 Å². The third-order valence-electron chi connectivity index (χ3n) is 4.90. The lowest BCUT2D eigenvalue weighted by Crippen LogP contribution is -2.48. The molecule has 1 N–H and O–H groups in total. The fourth-order valence-corrected chi connectivity index (χ4v) is 5.09. The number of nitrogens with one attached hydrogen (secondary N) is 1. The number of hydrogen-bond donors (Lipinski definition) is 1. The van der Waals surface area contributed by atoms with Crippen molar-refractivity contribution in [3.8, 4) is 0 Å². The number of carbonyl (C=O) groups excluding carboxylic acids is 2. The topological polar surface area (TPSA) is 102 Å². The van der Waals surface area contributed by atoms with Gasteiger partial charge in [-0.25, -0.2) is 13.2 Å². The maximum atomic E-state index is 12.9. The second kappa shape index (κ2) is 9.99. The highest BCUT2D eigenvalue weighted by Crippen LogP contribution is 2.22. The molecule has 32 heavy (non-hydrogen) atoms. The number of nitrogens with zero attached hydrogens (tertiary/aromatic N) is 1. The van der Waals surface area contributed by atoms with Crippen molar-refractivity contribution in [2.45, 2.75) is 37.9 Å². The number of esters is 1. The van der Waals surface area contributed by atoms with Crippen LogP contribution in [-0.4, -0.2) is 56.5 Å². The largest absolute Gasteiger partial charge is 0.452 e. The Hall–Kier alpha value is -2.46. The Balaban J connectivity index is 1.58. The minimum Gasteiger partial charge on any atom is -0.452 e. The highest BCUT2D eigenvalue weighted by atomic mass is 35.5. The lowest BCUT2D eigenvalue weighted by molar-refractivity contribution is -0.119. The first kappa shape index (κ1) is 24.2. The van der Waals surface area contributed by atoms with E-state index in [9.17, 15) is 18.0 Å². The number of aryl methyl sites for hydroxylation is 1. The molecule has 2 aromatic carbocycles. The summed E-state index contributed by atoms with van der Waals surface area (Å²) in [5.74, 6) is -1.26. The van der Waals surface area contributed by atoms with Gasteiger partial charge in [0.2, 0.25) is 10.0 Å². The normalized spacial score (nSPS) is 19.4. The highest BCUT2D eigenvalue weighted by Gasteiger charge is 2.32. The molecule has 1 heterocycles. The minimum absolute atomic E-state index is 0.0735. The summed E-state index contributed by atoms with van der Waals surface area (Å²) in [6, 6.07) is 10.5. The van der Waals surface area contributed by atoms with Gasteiger partial charge in [0.05, 0.1) is 22.7 Å². The third-order valence-corrected chi connectivity index (χ3v) is 7.16. The summed E-state index contributed by atoms with van der Waals surface area (Å²) in [7, 11) is -3.71. The van der Waals surface area contributed by atoms with E-state index in [1.165, 1.54) is 28.6 Å². The van der Waals surface area contributed by atoms with E-state index in [-0.39, 0.29) is 35.8 Å². The first-order valence-electron chi connectivity index (χ1n) is 10.0. The van der Waals surface area contributed by atoms with Crippen LogP contribution >= 0.6 is 11.6 Å². The van der Waals surface area contributed by atoms with Crippen LogP contribution in [0.4, 0.5) is 5.69 Å². The van der Waals surface area contributed by atoms with Gasteiger partial charge in [-0.2, -0.15) is 4.31 Å². The summed E-state index contributed by atoms with van der Waals surface area (Å²) >= 11 is 6.02. The molecule has 172 valence electrons. The number of ether oxygens (including phenoxy) is 2. The van der Waals surface area contributed by atoms with Crippen LogP contribution in [0.5, 0.6) is 0 Å². The van der Waals surface area contributed by atoms with E-state index in [4.69, 9.17) is 21.1 Å². The summed E-state index contributed by atoms with van der Waals surface area (Å²) in [6.07, 6.45) is -0.408. The van der Waals surface area contributed by atoms with Gasteiger partial charge in [-0.1, -0.05) is 17.7 Å². The molecule has 1 fully saturated rings. The van der Waals surface area contributed by atoms with Crippen molar-refractivity contribution in [3.05, 3.63) is 58.6 Å². The first-order chi connectivity index (χ1) is 15.1. The van der Waals surface area contributed by atoms with Gasteiger partial charge in [0.25, 0.3) is 5.91 Å². The Morgan fingerprint density at radius 2 is 1.75 bits per heavy atom. The van der Waals surface area contributed by atoms with Crippen molar-refractivity contribution in [2.75, 3.05) is 25.0 Å². The number of rotatable bonds is 6. The van der Waals surface area contributed by atoms with Crippen LogP contribution in [-0.2, 0) is 24.3 Å². The predicted molar refractivity (Wildman–Crippen MR) is 120 cm³/mol. The SMILES string of the molecule is Cc1ccc(NC(=O)COC(=O)c2ccc(S(=O)(=O)N3CC(C)OC(C)C3)cc2)cc1Cl. The van der Waals surface area contributed by atoms with Crippen LogP contribution in [0.25, 0.3) is 0 Å². The Morgan fingerprint density at radius 3 is 2.34 bits per heavy atom. The van der Waals surface area contributed by atoms with Crippen molar-refractivity contribution >= 4 is 39.2 Å². The third kappa shape index (κ3) is 5.86. The molecule has 2 atom stereocenters. The van der Waals surface area contributed by atoms with Crippen LogP contribution in [0.3, 0.4) is 0 Å². The Kier molecular flexibility index (Phi) is 7.55. The zero-order valence-corrected chi connectivity index (χ0v) is 19.6. The van der Waals surface area contributed by atoms with E-state index in [2.05, 4.69) is 5.32 Å². The van der Waals surface area contributed by atoms with Gasteiger partial charge in [0, 0.05) is 23.8 Å². The molecule has 1 amide bonds. The summed E-state index contributed by atoms with van der Waals surface area (Å²) < 4.78 is 37.8. The molecule has 8 nitrogen and oxygen atoms in total. The van der Waals surface area contributed by atoms with Crippen LogP contribution < -0.4 is 5.32 Å². The van der Waals surface area contributed by atoms with Gasteiger partial charge in [-0.3, -0.25) is 4.79 Å². The summed E-state index contributed by atoms with van der Waals surface area (Å²) in [5.41, 5.74) is 1.50. The molecular formula is C22H25ClN2O6S. The molecule has 0 radical (unpaired) electrons. The molecule has 1 aliphatic heterocycles. The number of morpholine rings is 1. The van der Waals surface area contributed by atoms with Crippen molar-refractivity contribution in [1.82, 2.24) is 4.31 Å². The van der Waals surface area contributed by atoms with Crippen LogP contribution in [0.15, 0.2) is 47.4 Å². The molecule has 2 unspecified atom stereocenters. The smallest absolute Gasteiger partial charge is 0.338 e. The molecule has 0 bridgehead atoms. The van der Waals surface area contributed by atoms with E-state index in [1.54, 1.807) is 18.2 Å². The number of anilines is 1. The van der Waals surface area contributed by atoms with Crippen molar-refractivity contribution in [3.63, 3.8) is 0 Å². The van der Waals surface area contributed by atoms with E-state index in [0.29, 0.717) is 10.7 Å². The van der Waals surface area contributed by atoms with Gasteiger partial charge in [-0.15, -0.1) is 0 Å². The molecule has 0 spiro atoms. The molecule has 3 rings (SSSR count). The maximum absolute atomic E-state index is 12.9. The van der Waals surface area contributed by atoms with Gasteiger partial charge >= 0.3 is 5.97 Å². The molecule has 10 heteroatoms. The average molecular weight is 481 g/mol. The van der Waals surface area contributed by atoms with Crippen LogP contribution in [0.1, 0.15) is 29.8 Å². The molecular weight excluding hydrogens is 456 g/mol. The first-order valence-corrected chi connectivity index (χ1v) is 11.9. The van der Waals surface area contributed by atoms with E-state index in [0.717, 1.165) is 5.56 Å². The minimum atomic E-state index is -3.71. The molecule has 1 aliphatic rings. The summed E-state index contributed by atoms with van der Waals surface area (Å²) in [4.78, 5) is 24.4. The standard InChI is InChI=1S/C22H25ClN2O6S/c1-14-4-7-18(10-20(14)23)24-21(26)13-30-22(27)17-5-8-19(9-6-17)32(28,29)25-11-15(2)31-16(3)12-25/h4-10,15-16H,11-13H2,1-3H3,(H,24,26). The quantitative estimate of drug-likeness (QED) is 0.637. The Labute approximate surface area is 192 Å². The number of benzene rings is 2. The van der Waals surface area contributed by atoms with E-state index in [1.807, 2.05) is 20.8 Å². The van der Waals surface area contributed by atoms with Crippen LogP contribution in [0.2, 0.25) is 5.02 Å². The Bertz CT molecular complexity index is 1090. The lowest BCUT2D eigenvalue weighted by atomic mass is 10.2. The zero-order valence-electron chi connectivity index (χ0n) is 18.0. The number of sulfonamides is 1. The predicted octanol–water partition coefficient (Wildman–Crippen LogP) is 3.24. The number of halogens is 1. The maximum Gasteiger partial charge on any atom is 0.338 e. The number of carbonyl (C=O) groups is 2. The second-order valence-electron chi connectivity index (χ2n) is 7.69. The van der Waals surface area contributed by atoms with Crippen LogP contribution in [0, 0.1) is 6.92 Å². The number of amides is 1. The van der Waals surface area contributed by atoms with Gasteiger partial charge in [-0.05, 0) is 62.7 Å². The monoisotopic (exact) mass is 480 g/mol. The van der Waals surface area contributed by atoms with Crippen molar-refractivity contribution in [1.29, 1.82) is 0 Å². The van der Waals surface area contributed by atoms with E-state index < -0.39 is 28.5 Å². The molecule has 0 saturated carbocycles. The Morgan fingerprint density at radius 1 is 1.12 bits per heavy atom. The summed E-state index contributed by atoms with van der Waals surface area (Å²) in [5, 5.41) is 3.10.